The summed E-state index contributed by atoms with van der Waals surface area (Å²) >= 11 is 0. The number of likely N-dealkylation sites (tertiary alicyclic amines) is 1. The summed E-state index contributed by atoms with van der Waals surface area (Å²) in [6.07, 6.45) is 4.83. The normalized spacial score (nSPS) is 16.8. The Bertz CT molecular complexity index is 801. The minimum Gasteiger partial charge on any atom is -0.347 e. The van der Waals surface area contributed by atoms with Crippen LogP contribution in [0.2, 0.25) is 0 Å². The van der Waals surface area contributed by atoms with Gasteiger partial charge in [-0.2, -0.15) is 0 Å². The Kier molecular flexibility index (Phi) is 6.22. The van der Waals surface area contributed by atoms with Crippen molar-refractivity contribution in [1.82, 2.24) is 15.2 Å². The molecule has 1 fully saturated rings. The monoisotopic (exact) mass is 365 g/mol. The number of amides is 2. The van der Waals surface area contributed by atoms with Crippen molar-refractivity contribution < 1.29 is 9.59 Å². The Morgan fingerprint density at radius 3 is 2.78 bits per heavy atom. The molecule has 142 valence electrons. The minimum absolute atomic E-state index is 0.0223. The maximum Gasteiger partial charge on any atom is 0.241 e. The molecule has 0 bridgehead atoms. The lowest BCUT2D eigenvalue weighted by Crippen LogP contribution is -2.44. The summed E-state index contributed by atoms with van der Waals surface area (Å²) in [5.41, 5.74) is 4.79. The molecule has 5 heteroatoms. The van der Waals surface area contributed by atoms with Crippen LogP contribution < -0.4 is 5.32 Å². The van der Waals surface area contributed by atoms with Crippen LogP contribution in [0, 0.1) is 6.92 Å². The van der Waals surface area contributed by atoms with Gasteiger partial charge in [0.25, 0.3) is 0 Å². The Hall–Kier alpha value is -2.69. The van der Waals surface area contributed by atoms with Gasteiger partial charge in [-0.3, -0.25) is 14.6 Å². The number of piperidine rings is 1. The molecule has 1 aliphatic heterocycles. The van der Waals surface area contributed by atoms with E-state index in [0.29, 0.717) is 6.54 Å². The highest BCUT2D eigenvalue weighted by atomic mass is 16.2. The average Bonchev–Trinajstić information content (AvgIpc) is 2.67. The molecule has 1 N–H and O–H groups in total. The Morgan fingerprint density at radius 2 is 2.07 bits per heavy atom. The first-order valence-corrected chi connectivity index (χ1v) is 9.54. The summed E-state index contributed by atoms with van der Waals surface area (Å²) in [6, 6.07) is 12.8. The molecule has 2 amide bonds. The first-order valence-electron chi connectivity index (χ1n) is 9.54. The smallest absolute Gasteiger partial charge is 0.241 e. The van der Waals surface area contributed by atoms with Gasteiger partial charge in [0.15, 0.2) is 0 Å². The largest absolute Gasteiger partial charge is 0.347 e. The predicted octanol–water partition coefficient (Wildman–Crippen LogP) is 2.82. The van der Waals surface area contributed by atoms with Crippen LogP contribution in [0.1, 0.15) is 48.1 Å². The summed E-state index contributed by atoms with van der Waals surface area (Å²) < 4.78 is 0. The van der Waals surface area contributed by atoms with Crippen molar-refractivity contribution in [3.63, 3.8) is 0 Å². The molecule has 1 aromatic carbocycles. The van der Waals surface area contributed by atoms with Gasteiger partial charge in [-0.05, 0) is 43.4 Å². The Morgan fingerprint density at radius 1 is 1.22 bits per heavy atom. The van der Waals surface area contributed by atoms with E-state index in [9.17, 15) is 9.59 Å². The summed E-state index contributed by atoms with van der Waals surface area (Å²) in [6.45, 7) is 5.02. The number of benzene rings is 1. The molecule has 2 heterocycles. The minimum atomic E-state index is -0.178. The first kappa shape index (κ1) is 19.1. The fraction of sp³-hybridized carbons (Fsp3) is 0.409. The molecule has 1 aliphatic rings. The fourth-order valence-corrected chi connectivity index (χ4v) is 3.60. The molecular formula is C22H27N3O2. The zero-order valence-corrected chi connectivity index (χ0v) is 16.1. The van der Waals surface area contributed by atoms with Crippen LogP contribution in [0.4, 0.5) is 0 Å². The number of carbonyl (C=O) groups is 2. The molecule has 1 aromatic heterocycles. The zero-order valence-electron chi connectivity index (χ0n) is 16.1. The van der Waals surface area contributed by atoms with E-state index < -0.39 is 0 Å². The van der Waals surface area contributed by atoms with Crippen LogP contribution in [0.25, 0.3) is 0 Å². The van der Waals surface area contributed by atoms with E-state index in [1.54, 1.807) is 0 Å². The number of carbonyl (C=O) groups excluding carboxylic acids is 2. The van der Waals surface area contributed by atoms with E-state index >= 15 is 0 Å². The number of nitrogens with one attached hydrogen (secondary N) is 1. The van der Waals surface area contributed by atoms with Crippen molar-refractivity contribution in [1.29, 1.82) is 0 Å². The number of rotatable bonds is 5. The van der Waals surface area contributed by atoms with Crippen molar-refractivity contribution in [2.24, 2.45) is 0 Å². The van der Waals surface area contributed by atoms with Crippen LogP contribution in [-0.2, 0) is 16.0 Å². The molecule has 0 aliphatic carbocycles. The summed E-state index contributed by atoms with van der Waals surface area (Å²) in [5, 5.41) is 2.59. The molecule has 0 radical (unpaired) electrons. The second-order valence-electron chi connectivity index (χ2n) is 7.35. The standard InChI is InChI=1S/C22H27N3O2/c1-16-5-3-6-18(11-16)12-19-8-9-21(24-13-19)20-7-4-10-25(15-20)22(27)14-23-17(2)26/h3,5-6,8-9,11,13,20H,4,7,10,12,14-15H2,1-2H3,(H,23,26). The fourth-order valence-electron chi connectivity index (χ4n) is 3.60. The molecule has 5 nitrogen and oxygen atoms in total. The van der Waals surface area contributed by atoms with Crippen molar-refractivity contribution in [2.45, 2.75) is 39.0 Å². The van der Waals surface area contributed by atoms with Crippen LogP contribution in [0.15, 0.2) is 42.6 Å². The van der Waals surface area contributed by atoms with Crippen LogP contribution in [-0.4, -0.2) is 41.3 Å². The molecule has 1 saturated heterocycles. The van der Waals surface area contributed by atoms with E-state index in [-0.39, 0.29) is 24.3 Å². The SMILES string of the molecule is CC(=O)NCC(=O)N1CCCC(c2ccc(Cc3cccc(C)c3)cn2)C1. The second kappa shape index (κ2) is 8.80. The summed E-state index contributed by atoms with van der Waals surface area (Å²) in [7, 11) is 0. The highest BCUT2D eigenvalue weighted by Gasteiger charge is 2.25. The van der Waals surface area contributed by atoms with Crippen LogP contribution >= 0.6 is 0 Å². The Labute approximate surface area is 160 Å². The van der Waals surface area contributed by atoms with E-state index in [0.717, 1.165) is 31.5 Å². The number of hydrogen-bond donors (Lipinski definition) is 1. The lowest BCUT2D eigenvalue weighted by Gasteiger charge is -2.32. The van der Waals surface area contributed by atoms with E-state index in [1.165, 1.54) is 23.6 Å². The molecule has 3 rings (SSSR count). The van der Waals surface area contributed by atoms with Crippen LogP contribution in [0.5, 0.6) is 0 Å². The van der Waals surface area contributed by atoms with Crippen molar-refractivity contribution in [3.05, 3.63) is 65.0 Å². The molecule has 2 aromatic rings. The van der Waals surface area contributed by atoms with Gasteiger partial charge in [0.1, 0.15) is 0 Å². The third kappa shape index (κ3) is 5.39. The summed E-state index contributed by atoms with van der Waals surface area (Å²) in [4.78, 5) is 29.8. The summed E-state index contributed by atoms with van der Waals surface area (Å²) in [5.74, 6) is 0.0572. The number of pyridine rings is 1. The van der Waals surface area contributed by atoms with Gasteiger partial charge < -0.3 is 10.2 Å². The highest BCUT2D eigenvalue weighted by molar-refractivity contribution is 5.83. The van der Waals surface area contributed by atoms with Gasteiger partial charge in [-0.15, -0.1) is 0 Å². The van der Waals surface area contributed by atoms with Gasteiger partial charge in [-0.25, -0.2) is 0 Å². The van der Waals surface area contributed by atoms with E-state index in [2.05, 4.69) is 53.6 Å². The number of hydrogen-bond acceptors (Lipinski definition) is 3. The van der Waals surface area contributed by atoms with Gasteiger partial charge in [0.05, 0.1) is 6.54 Å². The van der Waals surface area contributed by atoms with Crippen LogP contribution in [0.3, 0.4) is 0 Å². The lowest BCUT2D eigenvalue weighted by atomic mass is 9.93. The molecule has 0 saturated carbocycles. The van der Waals surface area contributed by atoms with E-state index in [1.807, 2.05) is 11.1 Å². The molecule has 0 spiro atoms. The average molecular weight is 365 g/mol. The van der Waals surface area contributed by atoms with Gasteiger partial charge in [0.2, 0.25) is 11.8 Å². The third-order valence-corrected chi connectivity index (χ3v) is 5.02. The lowest BCUT2D eigenvalue weighted by molar-refractivity contribution is -0.133. The van der Waals surface area contributed by atoms with Crippen molar-refractivity contribution >= 4 is 11.8 Å². The quantitative estimate of drug-likeness (QED) is 0.886. The number of aromatic nitrogens is 1. The van der Waals surface area contributed by atoms with Crippen molar-refractivity contribution in [3.8, 4) is 0 Å². The maximum absolute atomic E-state index is 12.3. The topological polar surface area (TPSA) is 62.3 Å². The number of aryl methyl sites for hydroxylation is 1. The van der Waals surface area contributed by atoms with Gasteiger partial charge >= 0.3 is 0 Å². The highest BCUT2D eigenvalue weighted by Crippen LogP contribution is 2.26. The van der Waals surface area contributed by atoms with Gasteiger partial charge in [0, 0.05) is 37.8 Å². The first-order chi connectivity index (χ1) is 13.0. The molecule has 1 unspecified atom stereocenters. The molecule has 1 atom stereocenters. The zero-order chi connectivity index (χ0) is 19.2. The second-order valence-corrected chi connectivity index (χ2v) is 7.35. The maximum atomic E-state index is 12.3. The van der Waals surface area contributed by atoms with E-state index in [4.69, 9.17) is 0 Å². The predicted molar refractivity (Wildman–Crippen MR) is 105 cm³/mol. The van der Waals surface area contributed by atoms with Crippen molar-refractivity contribution in [2.75, 3.05) is 19.6 Å². The Balaban J connectivity index is 1.60. The molecular weight excluding hydrogens is 338 g/mol. The van der Waals surface area contributed by atoms with Gasteiger partial charge in [-0.1, -0.05) is 35.9 Å². The number of nitrogens with zero attached hydrogens (tertiary/aromatic N) is 2. The third-order valence-electron chi connectivity index (χ3n) is 5.02. The molecule has 27 heavy (non-hydrogen) atoms.